The molecule has 1 aliphatic carbocycles. The van der Waals surface area contributed by atoms with Crippen LogP contribution >= 0.6 is 12.4 Å². The monoisotopic (exact) mass is 334 g/mol. The van der Waals surface area contributed by atoms with E-state index >= 15 is 0 Å². The van der Waals surface area contributed by atoms with Gasteiger partial charge in [-0.05, 0) is 37.3 Å². The van der Waals surface area contributed by atoms with Crippen molar-refractivity contribution in [2.75, 3.05) is 13.3 Å². The Morgan fingerprint density at radius 3 is 2.52 bits per heavy atom. The van der Waals surface area contributed by atoms with Crippen molar-refractivity contribution in [2.45, 2.75) is 30.7 Å². The van der Waals surface area contributed by atoms with E-state index in [1.165, 1.54) is 6.07 Å². The molecular weight excluding hydrogens is 316 g/mol. The van der Waals surface area contributed by atoms with Gasteiger partial charge in [-0.15, -0.1) is 12.4 Å². The number of nitrogens with two attached hydrogens (primary N) is 1. The third-order valence-corrected chi connectivity index (χ3v) is 5.34. The van der Waals surface area contributed by atoms with E-state index < -0.39 is 10.0 Å². The number of rotatable bonds is 5. The maximum Gasteiger partial charge on any atom is 0.241 e. The lowest BCUT2D eigenvalue weighted by Crippen LogP contribution is -2.41. The van der Waals surface area contributed by atoms with Gasteiger partial charge in [0.2, 0.25) is 16.8 Å². The summed E-state index contributed by atoms with van der Waals surface area (Å²) in [5, 5.41) is 0. The summed E-state index contributed by atoms with van der Waals surface area (Å²) in [7, 11) is -3.59. The summed E-state index contributed by atoms with van der Waals surface area (Å²) in [6.45, 7) is 2.18. The van der Waals surface area contributed by atoms with Crippen molar-refractivity contribution < 1.29 is 17.9 Å². The second-order valence-electron chi connectivity index (χ2n) is 5.27. The van der Waals surface area contributed by atoms with Gasteiger partial charge in [0.1, 0.15) is 0 Å². The molecule has 0 amide bonds. The van der Waals surface area contributed by atoms with E-state index in [0.717, 1.165) is 12.8 Å². The number of fused-ring (bicyclic) bond motifs is 1. The summed E-state index contributed by atoms with van der Waals surface area (Å²) in [5.41, 5.74) is 6.29. The molecule has 1 unspecified atom stereocenters. The maximum atomic E-state index is 12.5. The van der Waals surface area contributed by atoms with Gasteiger partial charge in [-0.3, -0.25) is 0 Å². The average molecular weight is 335 g/mol. The van der Waals surface area contributed by atoms with Crippen LogP contribution in [0.2, 0.25) is 0 Å². The van der Waals surface area contributed by atoms with Crippen LogP contribution < -0.4 is 19.9 Å². The minimum Gasteiger partial charge on any atom is -0.454 e. The van der Waals surface area contributed by atoms with E-state index in [4.69, 9.17) is 15.2 Å². The number of ether oxygens (including phenoxy) is 2. The van der Waals surface area contributed by atoms with Crippen molar-refractivity contribution >= 4 is 22.4 Å². The highest BCUT2D eigenvalue weighted by molar-refractivity contribution is 7.89. The first kappa shape index (κ1) is 16.4. The fourth-order valence-electron chi connectivity index (χ4n) is 2.41. The van der Waals surface area contributed by atoms with Crippen molar-refractivity contribution in [2.24, 2.45) is 11.7 Å². The van der Waals surface area contributed by atoms with Crippen molar-refractivity contribution in [3.8, 4) is 11.5 Å². The number of hydrogen-bond donors (Lipinski definition) is 2. The molecule has 0 saturated heterocycles. The molecule has 3 N–H and O–H groups in total. The van der Waals surface area contributed by atoms with Gasteiger partial charge in [0.25, 0.3) is 0 Å². The van der Waals surface area contributed by atoms with Crippen molar-refractivity contribution in [3.63, 3.8) is 0 Å². The van der Waals surface area contributed by atoms with Crippen LogP contribution in [0.1, 0.15) is 18.4 Å². The van der Waals surface area contributed by atoms with Crippen molar-refractivity contribution in [1.29, 1.82) is 0 Å². The van der Waals surface area contributed by atoms with E-state index in [2.05, 4.69) is 4.72 Å². The molecule has 3 rings (SSSR count). The van der Waals surface area contributed by atoms with E-state index in [1.807, 2.05) is 0 Å². The highest BCUT2D eigenvalue weighted by Gasteiger charge is 2.34. The van der Waals surface area contributed by atoms with Crippen LogP contribution in [0.25, 0.3) is 0 Å². The molecule has 21 heavy (non-hydrogen) atoms. The summed E-state index contributed by atoms with van der Waals surface area (Å²) in [6, 6.07) is 3.01. The van der Waals surface area contributed by atoms with Gasteiger partial charge < -0.3 is 15.2 Å². The Kier molecular flexibility index (Phi) is 4.67. The number of nitrogens with one attached hydrogen (secondary N) is 1. The Labute approximate surface area is 130 Å². The van der Waals surface area contributed by atoms with Crippen LogP contribution in [0.5, 0.6) is 11.5 Å². The average Bonchev–Trinajstić information content (AvgIpc) is 3.14. The van der Waals surface area contributed by atoms with Gasteiger partial charge in [-0.2, -0.15) is 0 Å². The third-order valence-electron chi connectivity index (χ3n) is 3.71. The molecule has 1 aromatic carbocycles. The standard InChI is InChI=1S/C13H18N2O4S.ClH/c1-8-4-11-12(19-7-18-11)5-13(8)20(16,17)15-10(6-14)9-2-3-9;/h4-5,9-10,15H,2-3,6-7,14H2,1H3;1H. The number of hydrogen-bond acceptors (Lipinski definition) is 5. The summed E-state index contributed by atoms with van der Waals surface area (Å²) in [5.74, 6) is 1.41. The number of aryl methyl sites for hydroxylation is 1. The summed E-state index contributed by atoms with van der Waals surface area (Å²) in [4.78, 5) is 0.223. The molecule has 118 valence electrons. The molecule has 6 nitrogen and oxygen atoms in total. The lowest BCUT2D eigenvalue weighted by atomic mass is 10.2. The highest BCUT2D eigenvalue weighted by Crippen LogP contribution is 2.37. The Bertz CT molecular complexity index is 631. The fourth-order valence-corrected chi connectivity index (χ4v) is 3.97. The van der Waals surface area contributed by atoms with Gasteiger partial charge >= 0.3 is 0 Å². The maximum absolute atomic E-state index is 12.5. The molecule has 1 aliphatic heterocycles. The number of halogens is 1. The predicted molar refractivity (Wildman–Crippen MR) is 80.4 cm³/mol. The molecule has 0 bridgehead atoms. The van der Waals surface area contributed by atoms with Crippen LogP contribution in [0.3, 0.4) is 0 Å². The molecule has 1 heterocycles. The highest BCUT2D eigenvalue weighted by atomic mass is 35.5. The molecule has 8 heteroatoms. The Hall–Kier alpha value is -1.02. The van der Waals surface area contributed by atoms with Crippen LogP contribution in [0.4, 0.5) is 0 Å². The van der Waals surface area contributed by atoms with Gasteiger partial charge in [-0.1, -0.05) is 0 Å². The number of benzene rings is 1. The lowest BCUT2D eigenvalue weighted by molar-refractivity contribution is 0.174. The Morgan fingerprint density at radius 1 is 1.33 bits per heavy atom. The van der Waals surface area contributed by atoms with Crippen molar-refractivity contribution in [3.05, 3.63) is 17.7 Å². The predicted octanol–water partition coefficient (Wildman–Crippen LogP) is 1.16. The largest absolute Gasteiger partial charge is 0.454 e. The molecule has 0 spiro atoms. The molecule has 1 aromatic rings. The van der Waals surface area contributed by atoms with E-state index in [9.17, 15) is 8.42 Å². The molecular formula is C13H19ClN2O4S. The lowest BCUT2D eigenvalue weighted by Gasteiger charge is -2.17. The Balaban J connectivity index is 0.00000161. The van der Waals surface area contributed by atoms with E-state index in [-0.39, 0.29) is 30.1 Å². The van der Waals surface area contributed by atoms with E-state index in [1.54, 1.807) is 13.0 Å². The SMILES string of the molecule is Cc1cc2c(cc1S(=O)(=O)NC(CN)C1CC1)OCO2.Cl. The quantitative estimate of drug-likeness (QED) is 0.843. The molecule has 1 saturated carbocycles. The summed E-state index contributed by atoms with van der Waals surface area (Å²) in [6.07, 6.45) is 2.06. The van der Waals surface area contributed by atoms with Crippen molar-refractivity contribution in [1.82, 2.24) is 4.72 Å². The molecule has 2 aliphatic rings. The van der Waals surface area contributed by atoms with Crippen LogP contribution in [0.15, 0.2) is 17.0 Å². The first-order valence-electron chi connectivity index (χ1n) is 6.64. The van der Waals surface area contributed by atoms with E-state index in [0.29, 0.717) is 29.5 Å². The van der Waals surface area contributed by atoms with Gasteiger partial charge in [-0.25, -0.2) is 13.1 Å². The smallest absolute Gasteiger partial charge is 0.241 e. The topological polar surface area (TPSA) is 90.7 Å². The third kappa shape index (κ3) is 3.26. The van der Waals surface area contributed by atoms with Gasteiger partial charge in [0, 0.05) is 18.7 Å². The van der Waals surface area contributed by atoms with Crippen LogP contribution in [-0.2, 0) is 10.0 Å². The zero-order valence-electron chi connectivity index (χ0n) is 11.7. The van der Waals surface area contributed by atoms with Crippen LogP contribution in [0, 0.1) is 12.8 Å². The normalized spacial score (nSPS) is 18.2. The molecule has 0 radical (unpaired) electrons. The zero-order chi connectivity index (χ0) is 14.3. The molecule has 1 fully saturated rings. The van der Waals surface area contributed by atoms with Gasteiger partial charge in [0.15, 0.2) is 11.5 Å². The second-order valence-corrected chi connectivity index (χ2v) is 6.95. The fraction of sp³-hybridized carbons (Fsp3) is 0.538. The van der Waals surface area contributed by atoms with Crippen LogP contribution in [-0.4, -0.2) is 27.8 Å². The Morgan fingerprint density at radius 2 is 1.95 bits per heavy atom. The minimum atomic E-state index is -3.59. The summed E-state index contributed by atoms with van der Waals surface area (Å²) < 4.78 is 38.2. The van der Waals surface area contributed by atoms with Gasteiger partial charge in [0.05, 0.1) is 4.90 Å². The number of sulfonamides is 1. The summed E-state index contributed by atoms with van der Waals surface area (Å²) >= 11 is 0. The zero-order valence-corrected chi connectivity index (χ0v) is 13.3. The first-order chi connectivity index (χ1) is 9.51. The first-order valence-corrected chi connectivity index (χ1v) is 8.12. The molecule has 0 aromatic heterocycles. The molecule has 1 atom stereocenters. The minimum absolute atomic E-state index is 0. The second kappa shape index (κ2) is 6.00.